The molecular weight excluding hydrogens is 248 g/mol. The summed E-state index contributed by atoms with van der Waals surface area (Å²) >= 11 is 0. The summed E-state index contributed by atoms with van der Waals surface area (Å²) in [6.07, 6.45) is 2.09. The number of para-hydroxylation sites is 2. The number of aliphatic hydroxyl groups excluding tert-OH is 1. The van der Waals surface area contributed by atoms with E-state index in [1.807, 2.05) is 24.3 Å². The molecule has 1 fully saturated rings. The van der Waals surface area contributed by atoms with E-state index < -0.39 is 0 Å². The molecule has 1 aromatic carbocycles. The summed E-state index contributed by atoms with van der Waals surface area (Å²) in [5, 5.41) is 10.1. The number of nitrogens with zero attached hydrogens (tertiary/aromatic N) is 2. The summed E-state index contributed by atoms with van der Waals surface area (Å²) in [5.74, 6) is 0. The van der Waals surface area contributed by atoms with Crippen LogP contribution in [-0.2, 0) is 10.8 Å². The van der Waals surface area contributed by atoms with Crippen molar-refractivity contribution in [3.05, 3.63) is 35.7 Å². The van der Waals surface area contributed by atoms with Crippen molar-refractivity contribution in [2.45, 2.75) is 44.4 Å². The third-order valence-electron chi connectivity index (χ3n) is 6.44. The lowest BCUT2D eigenvalue weighted by Crippen LogP contribution is -2.42. The first-order chi connectivity index (χ1) is 9.46. The van der Waals surface area contributed by atoms with Gasteiger partial charge in [-0.25, -0.2) is 9.97 Å². The summed E-state index contributed by atoms with van der Waals surface area (Å²) in [4.78, 5) is 9.82. The molecule has 0 spiro atoms. The minimum Gasteiger partial charge on any atom is -0.395 e. The van der Waals surface area contributed by atoms with Crippen LogP contribution in [0.3, 0.4) is 0 Å². The highest BCUT2D eigenvalue weighted by atomic mass is 16.3. The number of rotatable bonds is 1. The van der Waals surface area contributed by atoms with Gasteiger partial charge in [0.2, 0.25) is 0 Å². The molecule has 0 unspecified atom stereocenters. The average Bonchev–Trinajstić information content (AvgIpc) is 2.74. The van der Waals surface area contributed by atoms with Crippen LogP contribution in [0.25, 0.3) is 11.0 Å². The predicted molar refractivity (Wildman–Crippen MR) is 78.7 cm³/mol. The summed E-state index contributed by atoms with van der Waals surface area (Å²) in [6.45, 7) is 6.99. The Bertz CT molecular complexity index is 724. The molecule has 1 saturated carbocycles. The molecule has 0 amide bonds. The minimum absolute atomic E-state index is 0.00550. The van der Waals surface area contributed by atoms with E-state index in [-0.39, 0.29) is 22.9 Å². The van der Waals surface area contributed by atoms with E-state index in [2.05, 4.69) is 20.8 Å². The van der Waals surface area contributed by atoms with Crippen molar-refractivity contribution in [2.24, 2.45) is 5.41 Å². The topological polar surface area (TPSA) is 46.0 Å². The molecule has 0 aliphatic heterocycles. The Morgan fingerprint density at radius 1 is 1.00 bits per heavy atom. The highest BCUT2D eigenvalue weighted by Crippen LogP contribution is 2.69. The van der Waals surface area contributed by atoms with Crippen molar-refractivity contribution in [1.82, 2.24) is 9.97 Å². The van der Waals surface area contributed by atoms with Gasteiger partial charge in [0.25, 0.3) is 0 Å². The first-order valence-electron chi connectivity index (χ1n) is 7.35. The lowest BCUT2D eigenvalue weighted by molar-refractivity contribution is 0.0863. The van der Waals surface area contributed by atoms with Gasteiger partial charge in [-0.3, -0.25) is 0 Å². The molecule has 2 bridgehead atoms. The quantitative estimate of drug-likeness (QED) is 0.865. The van der Waals surface area contributed by atoms with Crippen molar-refractivity contribution in [3.8, 4) is 0 Å². The highest BCUT2D eigenvalue weighted by molar-refractivity contribution is 5.75. The van der Waals surface area contributed by atoms with Gasteiger partial charge in [-0.1, -0.05) is 32.9 Å². The Labute approximate surface area is 119 Å². The van der Waals surface area contributed by atoms with Crippen LogP contribution in [0.15, 0.2) is 24.3 Å². The van der Waals surface area contributed by atoms with Crippen LogP contribution in [-0.4, -0.2) is 21.7 Å². The minimum atomic E-state index is -0.228. The first-order valence-corrected chi connectivity index (χ1v) is 7.35. The van der Waals surface area contributed by atoms with E-state index in [1.165, 1.54) is 0 Å². The number of aromatic nitrogens is 2. The van der Waals surface area contributed by atoms with Gasteiger partial charge >= 0.3 is 0 Å². The maximum absolute atomic E-state index is 10.1. The van der Waals surface area contributed by atoms with E-state index >= 15 is 0 Å². The van der Waals surface area contributed by atoms with Crippen molar-refractivity contribution >= 4 is 11.0 Å². The highest BCUT2D eigenvalue weighted by Gasteiger charge is 2.69. The van der Waals surface area contributed by atoms with Crippen molar-refractivity contribution in [2.75, 3.05) is 6.61 Å². The van der Waals surface area contributed by atoms with Gasteiger partial charge in [-0.2, -0.15) is 0 Å². The number of benzene rings is 1. The predicted octanol–water partition coefficient (Wildman–Crippen LogP) is 2.95. The number of hydrogen-bond acceptors (Lipinski definition) is 3. The van der Waals surface area contributed by atoms with Crippen LogP contribution < -0.4 is 0 Å². The summed E-state index contributed by atoms with van der Waals surface area (Å²) in [5.41, 5.74) is 3.83. The molecule has 1 aromatic heterocycles. The van der Waals surface area contributed by atoms with Crippen LogP contribution >= 0.6 is 0 Å². The Balaban J connectivity index is 2.12. The second-order valence-corrected chi connectivity index (χ2v) is 7.11. The van der Waals surface area contributed by atoms with Crippen molar-refractivity contribution in [3.63, 3.8) is 0 Å². The second kappa shape index (κ2) is 3.40. The van der Waals surface area contributed by atoms with Gasteiger partial charge in [0.1, 0.15) is 0 Å². The zero-order valence-electron chi connectivity index (χ0n) is 12.3. The number of fused-ring (bicyclic) bond motifs is 6. The molecule has 2 aromatic rings. The molecule has 3 nitrogen and oxygen atoms in total. The maximum atomic E-state index is 10.1. The number of hydrogen-bond donors (Lipinski definition) is 1. The molecule has 2 aliphatic carbocycles. The van der Waals surface area contributed by atoms with Gasteiger partial charge in [-0.05, 0) is 30.4 Å². The monoisotopic (exact) mass is 268 g/mol. The third-order valence-corrected chi connectivity index (χ3v) is 6.44. The van der Waals surface area contributed by atoms with Gasteiger partial charge in [-0.15, -0.1) is 0 Å². The van der Waals surface area contributed by atoms with E-state index in [0.29, 0.717) is 0 Å². The molecule has 3 heteroatoms. The normalized spacial score (nSPS) is 33.6. The lowest BCUT2D eigenvalue weighted by Gasteiger charge is -2.39. The van der Waals surface area contributed by atoms with E-state index in [1.54, 1.807) is 0 Å². The van der Waals surface area contributed by atoms with Gasteiger partial charge in [0.15, 0.2) is 0 Å². The Hall–Kier alpha value is -1.48. The van der Waals surface area contributed by atoms with Crippen LogP contribution in [0.5, 0.6) is 0 Å². The Morgan fingerprint density at radius 3 is 2.20 bits per heavy atom. The summed E-state index contributed by atoms with van der Waals surface area (Å²) in [6, 6.07) is 8.03. The average molecular weight is 268 g/mol. The van der Waals surface area contributed by atoms with E-state index in [9.17, 15) is 5.11 Å². The molecule has 1 N–H and O–H groups in total. The van der Waals surface area contributed by atoms with E-state index in [4.69, 9.17) is 9.97 Å². The van der Waals surface area contributed by atoms with Crippen molar-refractivity contribution < 1.29 is 5.11 Å². The summed E-state index contributed by atoms with van der Waals surface area (Å²) < 4.78 is 0. The zero-order chi connectivity index (χ0) is 14.2. The largest absolute Gasteiger partial charge is 0.395 e. The molecular formula is C17H20N2O. The molecule has 0 saturated heterocycles. The van der Waals surface area contributed by atoms with Gasteiger partial charge < -0.3 is 5.11 Å². The fourth-order valence-electron chi connectivity index (χ4n) is 4.52. The van der Waals surface area contributed by atoms with Crippen LogP contribution in [0.2, 0.25) is 0 Å². The fourth-order valence-corrected chi connectivity index (χ4v) is 4.52. The maximum Gasteiger partial charge on any atom is 0.0890 e. The van der Waals surface area contributed by atoms with Crippen LogP contribution in [0.4, 0.5) is 0 Å². The lowest BCUT2D eigenvalue weighted by atomic mass is 9.64. The smallest absolute Gasteiger partial charge is 0.0890 e. The van der Waals surface area contributed by atoms with E-state index in [0.717, 1.165) is 35.3 Å². The molecule has 4 rings (SSSR count). The van der Waals surface area contributed by atoms with Gasteiger partial charge in [0.05, 0.1) is 29.0 Å². The Morgan fingerprint density at radius 2 is 1.60 bits per heavy atom. The first kappa shape index (κ1) is 12.3. The molecule has 0 radical (unpaired) electrons. The summed E-state index contributed by atoms with van der Waals surface area (Å²) in [7, 11) is 0. The van der Waals surface area contributed by atoms with Crippen LogP contribution in [0, 0.1) is 5.41 Å². The van der Waals surface area contributed by atoms with Gasteiger partial charge in [0, 0.05) is 10.8 Å². The molecule has 104 valence electrons. The Kier molecular flexibility index (Phi) is 2.08. The third kappa shape index (κ3) is 1.05. The second-order valence-electron chi connectivity index (χ2n) is 7.11. The molecule has 1 heterocycles. The van der Waals surface area contributed by atoms with Crippen molar-refractivity contribution in [1.29, 1.82) is 0 Å². The SMILES string of the molecule is CC1(C)[C@@]2(CO)CC[C@@]1(C)c1nc3ccccc3nc12. The zero-order valence-corrected chi connectivity index (χ0v) is 12.3. The number of aliphatic hydroxyl groups is 1. The standard InChI is InChI=1S/C17H20N2O/c1-15(2)16(3)8-9-17(15,10-20)14-13(16)18-11-6-4-5-7-12(11)19-14/h4-7,20H,8-10H2,1-3H3/t16-,17+/m0/s1. The molecule has 2 aliphatic rings. The van der Waals surface area contributed by atoms with Crippen LogP contribution in [0.1, 0.15) is 45.0 Å². The fraction of sp³-hybridized carbons (Fsp3) is 0.529. The molecule has 2 atom stereocenters. The molecule has 20 heavy (non-hydrogen) atoms.